The summed E-state index contributed by atoms with van der Waals surface area (Å²) >= 11 is 0. The molecule has 22 heavy (non-hydrogen) atoms. The Balaban J connectivity index is 1.82. The molecule has 0 aliphatic rings. The molecule has 7 heteroatoms. The van der Waals surface area contributed by atoms with Gasteiger partial charge in [-0.05, 0) is 35.9 Å². The Hall–Kier alpha value is -2.82. The first-order valence-electron chi connectivity index (χ1n) is 6.62. The van der Waals surface area contributed by atoms with Gasteiger partial charge in [0.1, 0.15) is 5.75 Å². The first-order valence-corrected chi connectivity index (χ1v) is 6.62. The van der Waals surface area contributed by atoms with Gasteiger partial charge in [-0.25, -0.2) is 4.98 Å². The molecule has 6 nitrogen and oxygen atoms in total. The molecule has 3 rings (SSSR count). The first kappa shape index (κ1) is 14.1. The summed E-state index contributed by atoms with van der Waals surface area (Å²) in [6, 6.07) is 14.5. The van der Waals surface area contributed by atoms with Crippen LogP contribution in [0.15, 0.2) is 48.8 Å². The van der Waals surface area contributed by atoms with Gasteiger partial charge in [-0.15, -0.1) is 0 Å². The molecule has 0 atom stereocenters. The number of imidazole rings is 1. The number of hydrogen-bond donors (Lipinski definition) is 2. The summed E-state index contributed by atoms with van der Waals surface area (Å²) in [6.45, 7) is 0.615. The highest BCUT2D eigenvalue weighted by molar-refractivity contribution is 6.33. The molecule has 0 radical (unpaired) electrons. The number of fused-ring (bicyclic) bond motifs is 1. The monoisotopic (exact) mass is 293 g/mol. The normalized spacial score (nSPS) is 10.4. The van der Waals surface area contributed by atoms with Gasteiger partial charge in [-0.2, -0.15) is 5.26 Å². The Bertz CT molecular complexity index is 837. The van der Waals surface area contributed by atoms with Crippen LogP contribution in [0.5, 0.6) is 5.75 Å². The van der Waals surface area contributed by atoms with Gasteiger partial charge >= 0.3 is 7.32 Å². The number of benzene rings is 2. The molecule has 3 aromatic rings. The van der Waals surface area contributed by atoms with Gasteiger partial charge in [0.15, 0.2) is 0 Å². The summed E-state index contributed by atoms with van der Waals surface area (Å²) in [4.78, 5) is 4.30. The van der Waals surface area contributed by atoms with E-state index < -0.39 is 7.32 Å². The zero-order valence-corrected chi connectivity index (χ0v) is 11.5. The van der Waals surface area contributed by atoms with Crippen molar-refractivity contribution < 1.29 is 14.7 Å². The van der Waals surface area contributed by atoms with Gasteiger partial charge in [0.05, 0.1) is 29.0 Å². The van der Waals surface area contributed by atoms with Crippen LogP contribution in [0.25, 0.3) is 11.0 Å². The van der Waals surface area contributed by atoms with Gasteiger partial charge in [-0.3, -0.25) is 0 Å². The van der Waals surface area contributed by atoms with Gasteiger partial charge in [0.25, 0.3) is 0 Å². The summed E-state index contributed by atoms with van der Waals surface area (Å²) in [6.07, 6.45) is 1.73. The zero-order chi connectivity index (χ0) is 15.5. The average Bonchev–Trinajstić information content (AvgIpc) is 2.91. The fraction of sp³-hybridized carbons (Fsp3) is 0.0667. The largest absolute Gasteiger partial charge is 0.707 e. The van der Waals surface area contributed by atoms with E-state index in [2.05, 4.69) is 11.1 Å². The Kier molecular flexibility index (Phi) is 3.79. The van der Waals surface area contributed by atoms with Crippen LogP contribution in [0.4, 0.5) is 0 Å². The van der Waals surface area contributed by atoms with Crippen LogP contribution in [0.2, 0.25) is 0 Å². The Morgan fingerprint density at radius 2 is 1.95 bits per heavy atom. The van der Waals surface area contributed by atoms with Crippen molar-refractivity contribution in [1.82, 2.24) is 9.55 Å². The lowest BCUT2D eigenvalue weighted by molar-refractivity contribution is 0.288. The van der Waals surface area contributed by atoms with Crippen LogP contribution in [0.3, 0.4) is 0 Å². The molecule has 0 bridgehead atoms. The Morgan fingerprint density at radius 1 is 1.18 bits per heavy atom. The summed E-state index contributed by atoms with van der Waals surface area (Å²) in [5.41, 5.74) is 3.33. The van der Waals surface area contributed by atoms with E-state index in [1.54, 1.807) is 30.6 Å². The van der Waals surface area contributed by atoms with Gasteiger partial charge in [0.2, 0.25) is 0 Å². The highest BCUT2D eigenvalue weighted by Crippen LogP contribution is 2.18. The van der Waals surface area contributed by atoms with Crippen molar-refractivity contribution in [2.75, 3.05) is 0 Å². The van der Waals surface area contributed by atoms with E-state index in [0.717, 1.165) is 16.6 Å². The molecule has 2 N–H and O–H groups in total. The first-order chi connectivity index (χ1) is 10.7. The molecule has 1 heterocycles. The minimum absolute atomic E-state index is 0.382. The molecule has 1 aromatic heterocycles. The maximum Gasteiger partial charge on any atom is 0.707 e. The number of nitriles is 1. The standard InChI is InChI=1S/C15H12BN3O3/c17-8-12-3-6-15-14(7-12)18-10-19(15)9-11-1-4-13(5-2-11)22-16(20)21/h1-7,10,20-21H,9H2. The van der Waals surface area contributed by atoms with E-state index in [1.807, 2.05) is 22.8 Å². The second-order valence-corrected chi connectivity index (χ2v) is 4.78. The van der Waals surface area contributed by atoms with Crippen LogP contribution >= 0.6 is 0 Å². The molecule has 2 aromatic carbocycles. The van der Waals surface area contributed by atoms with Crippen LogP contribution in [-0.2, 0) is 6.54 Å². The minimum Gasteiger partial charge on any atom is -0.512 e. The molecule has 108 valence electrons. The van der Waals surface area contributed by atoms with Crippen LogP contribution in [0.1, 0.15) is 11.1 Å². The second kappa shape index (κ2) is 5.89. The van der Waals surface area contributed by atoms with E-state index in [4.69, 9.17) is 20.0 Å². The highest BCUT2D eigenvalue weighted by atomic mass is 16.6. The van der Waals surface area contributed by atoms with Gasteiger partial charge in [-0.1, -0.05) is 12.1 Å². The predicted octanol–water partition coefficient (Wildman–Crippen LogP) is 1.30. The Labute approximate surface area is 127 Å². The molecule has 0 aliphatic carbocycles. The lowest BCUT2D eigenvalue weighted by Crippen LogP contribution is -2.20. The summed E-state index contributed by atoms with van der Waals surface area (Å²) < 4.78 is 6.74. The highest BCUT2D eigenvalue weighted by Gasteiger charge is 2.11. The third-order valence-corrected chi connectivity index (χ3v) is 3.27. The predicted molar refractivity (Wildman–Crippen MR) is 80.8 cm³/mol. The maximum atomic E-state index is 8.90. The van der Waals surface area contributed by atoms with Gasteiger partial charge in [0, 0.05) is 6.54 Å². The lowest BCUT2D eigenvalue weighted by atomic mass is 10.2. The SMILES string of the molecule is N#Cc1ccc2c(c1)ncn2Cc1ccc(OB(O)O)cc1. The molecule has 0 saturated heterocycles. The van der Waals surface area contributed by atoms with E-state index in [9.17, 15) is 0 Å². The molecular formula is C15H12BN3O3. The quantitative estimate of drug-likeness (QED) is 0.707. The maximum absolute atomic E-state index is 8.90. The average molecular weight is 293 g/mol. The fourth-order valence-corrected chi connectivity index (χ4v) is 2.25. The molecule has 0 aliphatic heterocycles. The van der Waals surface area contributed by atoms with Crippen molar-refractivity contribution in [3.8, 4) is 11.8 Å². The smallest absolute Gasteiger partial charge is 0.512 e. The van der Waals surface area contributed by atoms with E-state index >= 15 is 0 Å². The molecule has 0 unspecified atom stereocenters. The topological polar surface area (TPSA) is 91.3 Å². The van der Waals surface area contributed by atoms with E-state index in [1.165, 1.54) is 0 Å². The number of rotatable bonds is 4. The molecule has 0 amide bonds. The molecule has 0 saturated carbocycles. The van der Waals surface area contributed by atoms with E-state index in [0.29, 0.717) is 17.9 Å². The van der Waals surface area contributed by atoms with Crippen LogP contribution in [-0.4, -0.2) is 26.9 Å². The van der Waals surface area contributed by atoms with Crippen LogP contribution in [0, 0.1) is 11.3 Å². The van der Waals surface area contributed by atoms with Crippen molar-refractivity contribution in [3.63, 3.8) is 0 Å². The van der Waals surface area contributed by atoms with E-state index in [-0.39, 0.29) is 0 Å². The fourth-order valence-electron chi connectivity index (χ4n) is 2.25. The number of aromatic nitrogens is 2. The number of nitrogens with zero attached hydrogens (tertiary/aromatic N) is 3. The van der Waals surface area contributed by atoms with Gasteiger partial charge < -0.3 is 19.3 Å². The van der Waals surface area contributed by atoms with Crippen molar-refractivity contribution in [1.29, 1.82) is 5.26 Å². The van der Waals surface area contributed by atoms with Crippen molar-refractivity contribution >= 4 is 18.4 Å². The molecular weight excluding hydrogens is 281 g/mol. The van der Waals surface area contributed by atoms with Crippen molar-refractivity contribution in [2.24, 2.45) is 0 Å². The zero-order valence-electron chi connectivity index (χ0n) is 11.5. The summed E-state index contributed by atoms with van der Waals surface area (Å²) in [7, 11) is -1.82. The molecule has 0 fully saturated rings. The van der Waals surface area contributed by atoms with Crippen molar-refractivity contribution in [3.05, 3.63) is 59.9 Å². The second-order valence-electron chi connectivity index (χ2n) is 4.78. The Morgan fingerprint density at radius 3 is 2.64 bits per heavy atom. The summed E-state index contributed by atoms with van der Waals surface area (Å²) in [5, 5.41) is 26.4. The third kappa shape index (κ3) is 2.93. The molecule has 0 spiro atoms. The number of hydrogen-bond acceptors (Lipinski definition) is 5. The third-order valence-electron chi connectivity index (χ3n) is 3.27. The van der Waals surface area contributed by atoms with Crippen LogP contribution < -0.4 is 4.65 Å². The lowest BCUT2D eigenvalue weighted by Gasteiger charge is -2.07. The minimum atomic E-state index is -1.82. The summed E-state index contributed by atoms with van der Waals surface area (Å²) in [5.74, 6) is 0.382. The van der Waals surface area contributed by atoms with Crippen molar-refractivity contribution in [2.45, 2.75) is 6.54 Å².